The molecule has 0 fully saturated rings. The summed E-state index contributed by atoms with van der Waals surface area (Å²) in [5.41, 5.74) is 1.43. The number of halogens is 3. The van der Waals surface area contributed by atoms with Crippen LogP contribution in [0.15, 0.2) is 51.4 Å². The molecule has 2 aromatic carbocycles. The van der Waals surface area contributed by atoms with Crippen molar-refractivity contribution in [1.29, 1.82) is 0 Å². The number of ether oxygens (including phenoxy) is 1. The molecule has 0 radical (unpaired) electrons. The van der Waals surface area contributed by atoms with Gasteiger partial charge in [-0.25, -0.2) is 4.79 Å². The van der Waals surface area contributed by atoms with Gasteiger partial charge in [0.05, 0.1) is 7.11 Å². The first-order chi connectivity index (χ1) is 11.4. The second-order valence-corrected chi connectivity index (χ2v) is 8.00. The van der Waals surface area contributed by atoms with E-state index in [2.05, 4.69) is 59.8 Å². The summed E-state index contributed by atoms with van der Waals surface area (Å²) in [5, 5.41) is 2.76. The van der Waals surface area contributed by atoms with E-state index in [4.69, 9.17) is 4.74 Å². The highest BCUT2D eigenvalue weighted by atomic mass is 127. The summed E-state index contributed by atoms with van der Waals surface area (Å²) in [6, 6.07) is 12.2. The molecule has 4 nitrogen and oxygen atoms in total. The third-order valence-electron chi connectivity index (χ3n) is 3.30. The third kappa shape index (κ3) is 5.29. The molecule has 1 atom stereocenters. The van der Waals surface area contributed by atoms with Crippen LogP contribution in [0.25, 0.3) is 0 Å². The lowest BCUT2D eigenvalue weighted by atomic mass is 10.1. The molecule has 0 aliphatic heterocycles. The molecule has 0 unspecified atom stereocenters. The number of hydrogen-bond acceptors (Lipinski definition) is 3. The number of carbonyl (C=O) groups excluding carboxylic acids is 2. The minimum Gasteiger partial charge on any atom is -0.467 e. The van der Waals surface area contributed by atoms with Crippen molar-refractivity contribution in [3.8, 4) is 0 Å². The summed E-state index contributed by atoms with van der Waals surface area (Å²) in [6.07, 6.45) is 0.368. The van der Waals surface area contributed by atoms with Gasteiger partial charge in [-0.2, -0.15) is 0 Å². The molecule has 7 heteroatoms. The average Bonchev–Trinajstić information content (AvgIpc) is 2.54. The Kier molecular flexibility index (Phi) is 7.24. The molecule has 126 valence electrons. The first-order valence-corrected chi connectivity index (χ1v) is 9.65. The molecule has 0 aliphatic carbocycles. The maximum absolute atomic E-state index is 12.5. The van der Waals surface area contributed by atoms with Gasteiger partial charge >= 0.3 is 5.97 Å². The van der Waals surface area contributed by atoms with E-state index in [0.717, 1.165) is 18.1 Å². The standard InChI is InChI=1S/C17H14Br2INO3/c1-24-17(23)15(8-10-4-2-3-5-14(10)20)21-16(22)11-6-12(18)9-13(19)7-11/h2-7,9,15H,8H2,1H3,(H,21,22)/t15-/m0/s1. The summed E-state index contributed by atoms with van der Waals surface area (Å²) in [7, 11) is 1.31. The van der Waals surface area contributed by atoms with Crippen molar-refractivity contribution in [2.45, 2.75) is 12.5 Å². The summed E-state index contributed by atoms with van der Waals surface area (Å²) in [6.45, 7) is 0. The fraction of sp³-hybridized carbons (Fsp3) is 0.176. The maximum Gasteiger partial charge on any atom is 0.328 e. The van der Waals surface area contributed by atoms with Crippen LogP contribution in [-0.2, 0) is 16.0 Å². The molecule has 0 aliphatic rings. The van der Waals surface area contributed by atoms with E-state index < -0.39 is 12.0 Å². The van der Waals surface area contributed by atoms with E-state index in [1.54, 1.807) is 12.1 Å². The van der Waals surface area contributed by atoms with Crippen molar-refractivity contribution in [3.05, 3.63) is 66.1 Å². The van der Waals surface area contributed by atoms with Crippen molar-refractivity contribution < 1.29 is 14.3 Å². The first kappa shape index (κ1) is 19.4. The number of nitrogens with one attached hydrogen (secondary N) is 1. The van der Waals surface area contributed by atoms with Crippen LogP contribution in [0.2, 0.25) is 0 Å². The number of carbonyl (C=O) groups is 2. The van der Waals surface area contributed by atoms with Gasteiger partial charge in [-0.15, -0.1) is 0 Å². The zero-order valence-electron chi connectivity index (χ0n) is 12.7. The molecule has 0 aromatic heterocycles. The lowest BCUT2D eigenvalue weighted by Crippen LogP contribution is -2.43. The van der Waals surface area contributed by atoms with Crippen LogP contribution < -0.4 is 5.32 Å². The van der Waals surface area contributed by atoms with Gasteiger partial charge in [0, 0.05) is 24.5 Å². The maximum atomic E-state index is 12.5. The Bertz CT molecular complexity index is 747. The average molecular weight is 567 g/mol. The Morgan fingerprint density at radius 1 is 1.17 bits per heavy atom. The molecule has 1 amide bonds. The summed E-state index contributed by atoms with van der Waals surface area (Å²) < 4.78 is 7.41. The molecular formula is C17H14Br2INO3. The number of methoxy groups -OCH3 is 1. The molecular weight excluding hydrogens is 553 g/mol. The Morgan fingerprint density at radius 2 is 1.79 bits per heavy atom. The van der Waals surface area contributed by atoms with Crippen molar-refractivity contribution in [2.24, 2.45) is 0 Å². The fourth-order valence-corrected chi connectivity index (χ4v) is 4.05. The summed E-state index contributed by atoms with van der Waals surface area (Å²) in [4.78, 5) is 24.6. The van der Waals surface area contributed by atoms with Crippen LogP contribution in [0.3, 0.4) is 0 Å². The Morgan fingerprint density at radius 3 is 2.38 bits per heavy atom. The van der Waals surface area contributed by atoms with Crippen LogP contribution in [0.4, 0.5) is 0 Å². The zero-order chi connectivity index (χ0) is 17.7. The lowest BCUT2D eigenvalue weighted by molar-refractivity contribution is -0.142. The van der Waals surface area contributed by atoms with Gasteiger partial charge in [0.15, 0.2) is 0 Å². The molecule has 0 saturated heterocycles. The van der Waals surface area contributed by atoms with Gasteiger partial charge in [0.1, 0.15) is 6.04 Å². The second kappa shape index (κ2) is 8.96. The normalized spacial score (nSPS) is 11.7. The van der Waals surface area contributed by atoms with E-state index in [1.807, 2.05) is 30.3 Å². The predicted octanol–water partition coefficient (Wildman–Crippen LogP) is 4.33. The molecule has 0 heterocycles. The Balaban J connectivity index is 2.21. The smallest absolute Gasteiger partial charge is 0.328 e. The van der Waals surface area contributed by atoms with Crippen LogP contribution in [-0.4, -0.2) is 25.0 Å². The van der Waals surface area contributed by atoms with E-state index >= 15 is 0 Å². The fourth-order valence-electron chi connectivity index (χ4n) is 2.15. The van der Waals surface area contributed by atoms with Crippen LogP contribution >= 0.6 is 54.5 Å². The van der Waals surface area contributed by atoms with Crippen molar-refractivity contribution in [3.63, 3.8) is 0 Å². The monoisotopic (exact) mass is 565 g/mol. The molecule has 24 heavy (non-hydrogen) atoms. The van der Waals surface area contributed by atoms with Gasteiger partial charge in [-0.1, -0.05) is 50.1 Å². The number of esters is 1. The lowest BCUT2D eigenvalue weighted by Gasteiger charge is -2.17. The first-order valence-electron chi connectivity index (χ1n) is 6.99. The van der Waals surface area contributed by atoms with Crippen molar-refractivity contribution in [2.75, 3.05) is 7.11 Å². The molecule has 2 rings (SSSR count). The second-order valence-electron chi connectivity index (χ2n) is 5.00. The van der Waals surface area contributed by atoms with Gasteiger partial charge in [-0.05, 0) is 52.4 Å². The van der Waals surface area contributed by atoms with Crippen LogP contribution in [0.5, 0.6) is 0 Å². The van der Waals surface area contributed by atoms with Crippen LogP contribution in [0, 0.1) is 3.57 Å². The minimum absolute atomic E-state index is 0.335. The molecule has 0 saturated carbocycles. The van der Waals surface area contributed by atoms with Crippen molar-refractivity contribution in [1.82, 2.24) is 5.32 Å². The number of rotatable bonds is 5. The zero-order valence-corrected chi connectivity index (χ0v) is 18.0. The molecule has 0 bridgehead atoms. The minimum atomic E-state index is -0.754. The third-order valence-corrected chi connectivity index (χ3v) is 5.27. The van der Waals surface area contributed by atoms with E-state index in [1.165, 1.54) is 7.11 Å². The van der Waals surface area contributed by atoms with Gasteiger partial charge in [-0.3, -0.25) is 4.79 Å². The Hall–Kier alpha value is -0.930. The topological polar surface area (TPSA) is 55.4 Å². The predicted molar refractivity (Wildman–Crippen MR) is 108 cm³/mol. The summed E-state index contributed by atoms with van der Waals surface area (Å²) >= 11 is 8.91. The highest BCUT2D eigenvalue weighted by Gasteiger charge is 2.23. The van der Waals surface area contributed by atoms with Gasteiger partial charge < -0.3 is 10.1 Å². The number of hydrogen-bond donors (Lipinski definition) is 1. The Labute approximate surface area is 170 Å². The molecule has 1 N–H and O–H groups in total. The summed E-state index contributed by atoms with van der Waals surface area (Å²) in [5.74, 6) is -0.810. The SMILES string of the molecule is COC(=O)[C@H](Cc1ccccc1I)NC(=O)c1cc(Br)cc(Br)c1. The van der Waals surface area contributed by atoms with E-state index in [0.29, 0.717) is 12.0 Å². The quantitative estimate of drug-likeness (QED) is 0.433. The highest BCUT2D eigenvalue weighted by Crippen LogP contribution is 2.20. The molecule has 0 spiro atoms. The van der Waals surface area contributed by atoms with Gasteiger partial charge in [0.25, 0.3) is 5.91 Å². The van der Waals surface area contributed by atoms with Crippen LogP contribution in [0.1, 0.15) is 15.9 Å². The van der Waals surface area contributed by atoms with E-state index in [-0.39, 0.29) is 5.91 Å². The van der Waals surface area contributed by atoms with E-state index in [9.17, 15) is 9.59 Å². The largest absolute Gasteiger partial charge is 0.467 e. The van der Waals surface area contributed by atoms with Gasteiger partial charge in [0.2, 0.25) is 0 Å². The number of benzene rings is 2. The number of amides is 1. The highest BCUT2D eigenvalue weighted by molar-refractivity contribution is 14.1. The molecule has 2 aromatic rings. The van der Waals surface area contributed by atoms with Crippen molar-refractivity contribution >= 4 is 66.3 Å².